The molecule has 4 nitrogen and oxygen atoms in total. The number of aliphatic hydroxyl groups is 1. The fourth-order valence-electron chi connectivity index (χ4n) is 1.92. The van der Waals surface area contributed by atoms with E-state index in [4.69, 9.17) is 4.74 Å². The molecule has 0 spiro atoms. The summed E-state index contributed by atoms with van der Waals surface area (Å²) in [5.74, 6) is 0.490. The lowest BCUT2D eigenvalue weighted by atomic mass is 10.1. The maximum absolute atomic E-state index is 11.7. The molecule has 0 fully saturated rings. The summed E-state index contributed by atoms with van der Waals surface area (Å²) in [6, 6.07) is 9.51. The van der Waals surface area contributed by atoms with E-state index in [-0.39, 0.29) is 19.1 Å². The monoisotopic (exact) mass is 305 g/mol. The Morgan fingerprint density at radius 3 is 2.90 bits per heavy atom. The first-order valence-electron chi connectivity index (χ1n) is 6.88. The number of rotatable bonds is 7. The molecule has 0 bridgehead atoms. The third-order valence-electron chi connectivity index (χ3n) is 3.13. The van der Waals surface area contributed by atoms with Crippen molar-refractivity contribution in [1.82, 2.24) is 5.32 Å². The molecule has 1 aromatic heterocycles. The van der Waals surface area contributed by atoms with Crippen LogP contribution in [0.1, 0.15) is 24.2 Å². The van der Waals surface area contributed by atoms with E-state index in [1.165, 1.54) is 11.3 Å². The average Bonchev–Trinajstić information content (AvgIpc) is 3.05. The van der Waals surface area contributed by atoms with Crippen LogP contribution in [0, 0.1) is 0 Å². The Balaban J connectivity index is 1.77. The van der Waals surface area contributed by atoms with E-state index in [2.05, 4.69) is 5.32 Å². The van der Waals surface area contributed by atoms with Crippen molar-refractivity contribution in [2.75, 3.05) is 13.2 Å². The van der Waals surface area contributed by atoms with Gasteiger partial charge in [0.25, 0.3) is 5.91 Å². The number of carbonyl (C=O) groups is 1. The second kappa shape index (κ2) is 7.81. The maximum Gasteiger partial charge on any atom is 0.258 e. The minimum absolute atomic E-state index is 0.0482. The third-order valence-corrected chi connectivity index (χ3v) is 3.83. The second-order valence-electron chi connectivity index (χ2n) is 4.63. The van der Waals surface area contributed by atoms with Crippen molar-refractivity contribution in [3.63, 3.8) is 0 Å². The lowest BCUT2D eigenvalue weighted by molar-refractivity contribution is -0.123. The minimum Gasteiger partial charge on any atom is -0.483 e. The molecule has 112 valence electrons. The van der Waals surface area contributed by atoms with Gasteiger partial charge in [0.15, 0.2) is 6.61 Å². The SMILES string of the molecule is CCc1ccccc1OCC(=O)NCC(O)c1ccsc1. The summed E-state index contributed by atoms with van der Waals surface area (Å²) in [6.07, 6.45) is 0.178. The molecule has 5 heteroatoms. The molecule has 0 radical (unpaired) electrons. The standard InChI is InChI=1S/C16H19NO3S/c1-2-12-5-3-4-6-15(12)20-10-16(19)17-9-14(18)13-7-8-21-11-13/h3-8,11,14,18H,2,9-10H2,1H3,(H,17,19). The summed E-state index contributed by atoms with van der Waals surface area (Å²) in [5.41, 5.74) is 1.89. The van der Waals surface area contributed by atoms with Crippen molar-refractivity contribution in [1.29, 1.82) is 0 Å². The van der Waals surface area contributed by atoms with Gasteiger partial charge in [-0.3, -0.25) is 4.79 Å². The topological polar surface area (TPSA) is 58.6 Å². The quantitative estimate of drug-likeness (QED) is 0.826. The molecule has 0 aliphatic rings. The molecule has 2 aromatic rings. The number of hydrogen-bond acceptors (Lipinski definition) is 4. The van der Waals surface area contributed by atoms with Gasteiger partial charge >= 0.3 is 0 Å². The molecule has 0 saturated heterocycles. The van der Waals surface area contributed by atoms with Crippen LogP contribution < -0.4 is 10.1 Å². The highest BCUT2D eigenvalue weighted by Gasteiger charge is 2.10. The van der Waals surface area contributed by atoms with Crippen molar-refractivity contribution in [2.45, 2.75) is 19.4 Å². The predicted octanol–water partition coefficient (Wildman–Crippen LogP) is 2.54. The van der Waals surface area contributed by atoms with Crippen molar-refractivity contribution >= 4 is 17.2 Å². The lowest BCUT2D eigenvalue weighted by Gasteiger charge is -2.12. The van der Waals surface area contributed by atoms with Crippen LogP contribution in [0.2, 0.25) is 0 Å². The number of aryl methyl sites for hydroxylation is 1. The van der Waals surface area contributed by atoms with Gasteiger partial charge in [0.05, 0.1) is 6.10 Å². The second-order valence-corrected chi connectivity index (χ2v) is 5.41. The molecule has 1 atom stereocenters. The highest BCUT2D eigenvalue weighted by atomic mass is 32.1. The van der Waals surface area contributed by atoms with Crippen LogP contribution in [-0.2, 0) is 11.2 Å². The Hall–Kier alpha value is -1.85. The molecule has 1 unspecified atom stereocenters. The van der Waals surface area contributed by atoms with Gasteiger partial charge in [-0.25, -0.2) is 0 Å². The number of ether oxygens (including phenoxy) is 1. The number of hydrogen-bond donors (Lipinski definition) is 2. The average molecular weight is 305 g/mol. The third kappa shape index (κ3) is 4.58. The molecule has 1 aromatic carbocycles. The van der Waals surface area contributed by atoms with Crippen molar-refractivity contribution in [3.05, 3.63) is 52.2 Å². The summed E-state index contributed by atoms with van der Waals surface area (Å²) >= 11 is 1.52. The van der Waals surface area contributed by atoms with Crippen LogP contribution in [0.15, 0.2) is 41.1 Å². The molecule has 1 amide bonds. The van der Waals surface area contributed by atoms with E-state index in [0.29, 0.717) is 0 Å². The van der Waals surface area contributed by atoms with Gasteiger partial charge < -0.3 is 15.2 Å². The van der Waals surface area contributed by atoms with Gasteiger partial charge in [-0.05, 0) is 40.4 Å². The van der Waals surface area contributed by atoms with Crippen molar-refractivity contribution in [3.8, 4) is 5.75 Å². The smallest absolute Gasteiger partial charge is 0.258 e. The number of aliphatic hydroxyl groups excluding tert-OH is 1. The van der Waals surface area contributed by atoms with Crippen molar-refractivity contribution < 1.29 is 14.6 Å². The first-order chi connectivity index (χ1) is 10.2. The fourth-order valence-corrected chi connectivity index (χ4v) is 2.63. The highest BCUT2D eigenvalue weighted by Crippen LogP contribution is 2.18. The van der Waals surface area contributed by atoms with Gasteiger partial charge in [0.2, 0.25) is 0 Å². The Kier molecular flexibility index (Phi) is 5.78. The van der Waals surface area contributed by atoms with Crippen LogP contribution >= 0.6 is 11.3 Å². The molecule has 2 N–H and O–H groups in total. The van der Waals surface area contributed by atoms with Crippen molar-refractivity contribution in [2.24, 2.45) is 0 Å². The Bertz CT molecular complexity index is 569. The Morgan fingerprint density at radius 2 is 2.19 bits per heavy atom. The summed E-state index contributed by atoms with van der Waals surface area (Å²) in [7, 11) is 0. The first kappa shape index (κ1) is 15.5. The van der Waals surface area contributed by atoms with Crippen LogP contribution in [0.4, 0.5) is 0 Å². The minimum atomic E-state index is -0.678. The summed E-state index contributed by atoms with van der Waals surface area (Å²) in [5, 5.41) is 16.3. The van der Waals surface area contributed by atoms with E-state index < -0.39 is 6.10 Å². The largest absolute Gasteiger partial charge is 0.483 e. The molecule has 0 aliphatic heterocycles. The van der Waals surface area contributed by atoms with Crippen LogP contribution in [0.25, 0.3) is 0 Å². The zero-order valence-electron chi connectivity index (χ0n) is 11.9. The maximum atomic E-state index is 11.7. The number of para-hydroxylation sites is 1. The number of carbonyl (C=O) groups excluding carboxylic acids is 1. The van der Waals surface area contributed by atoms with E-state index in [1.54, 1.807) is 0 Å². The Morgan fingerprint density at radius 1 is 1.38 bits per heavy atom. The molecule has 21 heavy (non-hydrogen) atoms. The van der Waals surface area contributed by atoms with Gasteiger partial charge in [0, 0.05) is 6.54 Å². The summed E-state index contributed by atoms with van der Waals surface area (Å²) in [6.45, 7) is 2.18. The van der Waals surface area contributed by atoms with Gasteiger partial charge in [-0.15, -0.1) is 0 Å². The first-order valence-corrected chi connectivity index (χ1v) is 7.82. The van der Waals surface area contributed by atoms with Gasteiger partial charge in [-0.1, -0.05) is 25.1 Å². The zero-order valence-corrected chi connectivity index (χ0v) is 12.7. The van der Waals surface area contributed by atoms with E-state index in [1.807, 2.05) is 48.0 Å². The number of benzene rings is 1. The number of amides is 1. The van der Waals surface area contributed by atoms with Gasteiger partial charge in [0.1, 0.15) is 5.75 Å². The summed E-state index contributed by atoms with van der Waals surface area (Å²) in [4.78, 5) is 11.7. The molecule has 0 aliphatic carbocycles. The normalized spacial score (nSPS) is 11.9. The van der Waals surface area contributed by atoms with E-state index in [9.17, 15) is 9.90 Å². The summed E-state index contributed by atoms with van der Waals surface area (Å²) < 4.78 is 5.52. The van der Waals surface area contributed by atoms with Crippen LogP contribution in [-0.4, -0.2) is 24.2 Å². The van der Waals surface area contributed by atoms with E-state index in [0.717, 1.165) is 23.3 Å². The highest BCUT2D eigenvalue weighted by molar-refractivity contribution is 7.07. The fraction of sp³-hybridized carbons (Fsp3) is 0.312. The van der Waals surface area contributed by atoms with Gasteiger partial charge in [-0.2, -0.15) is 11.3 Å². The van der Waals surface area contributed by atoms with E-state index >= 15 is 0 Å². The molecular formula is C16H19NO3S. The Labute approximate surface area is 128 Å². The lowest BCUT2D eigenvalue weighted by Crippen LogP contribution is -2.32. The molecule has 1 heterocycles. The predicted molar refractivity (Wildman–Crippen MR) is 83.6 cm³/mol. The molecule has 0 saturated carbocycles. The molecule has 2 rings (SSSR count). The zero-order chi connectivity index (χ0) is 15.1. The van der Waals surface area contributed by atoms with Crippen LogP contribution in [0.3, 0.4) is 0 Å². The molecular weight excluding hydrogens is 286 g/mol. The number of thiophene rings is 1. The van der Waals surface area contributed by atoms with Crippen LogP contribution in [0.5, 0.6) is 5.75 Å². The number of nitrogens with one attached hydrogen (secondary N) is 1.